The van der Waals surface area contributed by atoms with Crippen LogP contribution in [-0.2, 0) is 14.8 Å². The maximum atomic E-state index is 12.6. The lowest BCUT2D eigenvalue weighted by molar-refractivity contribution is -0.140. The van der Waals surface area contributed by atoms with Gasteiger partial charge in [-0.1, -0.05) is 0 Å². The first-order valence-corrected chi connectivity index (χ1v) is 7.74. The summed E-state index contributed by atoms with van der Waals surface area (Å²) in [6, 6.07) is 0.442. The van der Waals surface area contributed by atoms with E-state index in [4.69, 9.17) is 9.84 Å². The maximum absolute atomic E-state index is 12.6. The first-order chi connectivity index (χ1) is 9.48. The Balaban J connectivity index is 2.42. The quantitative estimate of drug-likeness (QED) is 0.860. The van der Waals surface area contributed by atoms with Crippen molar-refractivity contribution in [3.05, 3.63) is 18.5 Å². The largest absolute Gasteiger partial charge is 0.492 e. The van der Waals surface area contributed by atoms with Gasteiger partial charge in [-0.05, 0) is 25.8 Å². The molecule has 2 rings (SSSR count). The smallest absolute Gasteiger partial charge is 0.322 e. The van der Waals surface area contributed by atoms with Crippen LogP contribution in [0.2, 0.25) is 0 Å². The number of carboxylic acids is 1. The van der Waals surface area contributed by atoms with E-state index in [0.717, 1.165) is 4.31 Å². The minimum Gasteiger partial charge on any atom is -0.492 e. The molecular formula is C12H16N2O5S. The van der Waals surface area contributed by atoms with E-state index in [2.05, 4.69) is 4.98 Å². The number of rotatable bonds is 5. The summed E-state index contributed by atoms with van der Waals surface area (Å²) in [5.41, 5.74) is 0. The van der Waals surface area contributed by atoms with Crippen LogP contribution in [0, 0.1) is 0 Å². The highest BCUT2D eigenvalue weighted by atomic mass is 32.2. The van der Waals surface area contributed by atoms with Crippen LogP contribution in [0.3, 0.4) is 0 Å². The minimum absolute atomic E-state index is 0.0880. The second kappa shape index (κ2) is 5.76. The van der Waals surface area contributed by atoms with E-state index in [-0.39, 0.29) is 17.2 Å². The molecule has 20 heavy (non-hydrogen) atoms. The van der Waals surface area contributed by atoms with Crippen LogP contribution >= 0.6 is 0 Å². The third-order valence-electron chi connectivity index (χ3n) is 3.12. The topological polar surface area (TPSA) is 96.8 Å². The summed E-state index contributed by atoms with van der Waals surface area (Å²) < 4.78 is 31.5. The van der Waals surface area contributed by atoms with Gasteiger partial charge in [0.25, 0.3) is 0 Å². The van der Waals surface area contributed by atoms with E-state index in [0.29, 0.717) is 19.4 Å². The molecule has 8 heteroatoms. The van der Waals surface area contributed by atoms with Gasteiger partial charge in [0.1, 0.15) is 16.7 Å². The van der Waals surface area contributed by atoms with Crippen molar-refractivity contribution in [2.75, 3.05) is 13.2 Å². The van der Waals surface area contributed by atoms with E-state index in [1.807, 2.05) is 0 Å². The van der Waals surface area contributed by atoms with Crippen molar-refractivity contribution in [1.29, 1.82) is 0 Å². The van der Waals surface area contributed by atoms with Crippen molar-refractivity contribution in [3.8, 4) is 5.75 Å². The molecule has 1 aromatic rings. The molecule has 1 fully saturated rings. The Morgan fingerprint density at radius 2 is 2.35 bits per heavy atom. The fourth-order valence-electron chi connectivity index (χ4n) is 2.24. The molecule has 0 unspecified atom stereocenters. The zero-order valence-electron chi connectivity index (χ0n) is 11.0. The van der Waals surface area contributed by atoms with Gasteiger partial charge in [-0.2, -0.15) is 4.31 Å². The number of ether oxygens (including phenoxy) is 1. The molecule has 7 nitrogen and oxygen atoms in total. The van der Waals surface area contributed by atoms with Crippen LogP contribution in [0.25, 0.3) is 0 Å². The van der Waals surface area contributed by atoms with Gasteiger partial charge in [-0.25, -0.2) is 8.42 Å². The molecule has 1 aromatic heterocycles. The summed E-state index contributed by atoms with van der Waals surface area (Å²) in [4.78, 5) is 14.9. The van der Waals surface area contributed by atoms with E-state index in [9.17, 15) is 13.2 Å². The van der Waals surface area contributed by atoms with Crippen molar-refractivity contribution < 1.29 is 23.1 Å². The molecule has 0 radical (unpaired) electrons. The van der Waals surface area contributed by atoms with Gasteiger partial charge in [0.05, 0.1) is 12.8 Å². The Hall–Kier alpha value is -1.67. The fraction of sp³-hybridized carbons (Fsp3) is 0.500. The number of aromatic nitrogens is 1. The molecule has 1 atom stereocenters. The molecule has 1 saturated heterocycles. The molecule has 2 heterocycles. The summed E-state index contributed by atoms with van der Waals surface area (Å²) in [7, 11) is -3.92. The number of hydrogen-bond donors (Lipinski definition) is 1. The molecule has 110 valence electrons. The molecule has 0 amide bonds. The first-order valence-electron chi connectivity index (χ1n) is 6.30. The second-order valence-electron chi connectivity index (χ2n) is 4.37. The van der Waals surface area contributed by atoms with Crippen LogP contribution in [0.5, 0.6) is 5.75 Å². The second-order valence-corrected chi connectivity index (χ2v) is 6.23. The monoisotopic (exact) mass is 300 g/mol. The SMILES string of the molecule is CCOc1ccncc1S(=O)(=O)N1CCC[C@@H]1C(=O)O. The van der Waals surface area contributed by atoms with Gasteiger partial charge in [0, 0.05) is 12.7 Å². The van der Waals surface area contributed by atoms with Gasteiger partial charge < -0.3 is 9.84 Å². The van der Waals surface area contributed by atoms with Crippen molar-refractivity contribution in [2.24, 2.45) is 0 Å². The third kappa shape index (κ3) is 2.61. The molecule has 0 aliphatic carbocycles. The number of hydrogen-bond acceptors (Lipinski definition) is 5. The van der Waals surface area contributed by atoms with Crippen molar-refractivity contribution in [3.63, 3.8) is 0 Å². The predicted octanol–water partition coefficient (Wildman–Crippen LogP) is 0.718. The predicted molar refractivity (Wildman–Crippen MR) is 70.0 cm³/mol. The standard InChI is InChI=1S/C12H16N2O5S/c1-2-19-10-5-6-13-8-11(10)20(17,18)14-7-3-4-9(14)12(15)16/h5-6,8-9H,2-4,7H2,1H3,(H,15,16)/t9-/m1/s1. The highest BCUT2D eigenvalue weighted by Crippen LogP contribution is 2.30. The van der Waals surface area contributed by atoms with Gasteiger partial charge >= 0.3 is 5.97 Å². The highest BCUT2D eigenvalue weighted by molar-refractivity contribution is 7.89. The maximum Gasteiger partial charge on any atom is 0.322 e. The number of nitrogens with zero attached hydrogens (tertiary/aromatic N) is 2. The molecule has 0 bridgehead atoms. The minimum atomic E-state index is -3.92. The average Bonchev–Trinajstić information content (AvgIpc) is 2.89. The van der Waals surface area contributed by atoms with E-state index < -0.39 is 22.0 Å². The summed E-state index contributed by atoms with van der Waals surface area (Å²) in [6.45, 7) is 2.25. The van der Waals surface area contributed by atoms with Gasteiger partial charge in [0.2, 0.25) is 10.0 Å². The zero-order valence-corrected chi connectivity index (χ0v) is 11.8. The van der Waals surface area contributed by atoms with Crippen LogP contribution in [0.1, 0.15) is 19.8 Å². The summed E-state index contributed by atoms with van der Waals surface area (Å²) >= 11 is 0. The van der Waals surface area contributed by atoms with Crippen LogP contribution in [-0.4, -0.2) is 48.0 Å². The van der Waals surface area contributed by atoms with Crippen molar-refractivity contribution in [2.45, 2.75) is 30.7 Å². The van der Waals surface area contributed by atoms with E-state index in [1.165, 1.54) is 18.5 Å². The molecule has 0 saturated carbocycles. The van der Waals surface area contributed by atoms with Crippen molar-refractivity contribution in [1.82, 2.24) is 9.29 Å². The number of aliphatic carboxylic acids is 1. The number of carboxylic acid groups (broad SMARTS) is 1. The van der Waals surface area contributed by atoms with Crippen molar-refractivity contribution >= 4 is 16.0 Å². The molecule has 1 aliphatic rings. The Morgan fingerprint density at radius 3 is 3.00 bits per heavy atom. The van der Waals surface area contributed by atoms with E-state index >= 15 is 0 Å². The molecule has 1 aliphatic heterocycles. The number of pyridine rings is 1. The average molecular weight is 300 g/mol. The summed E-state index contributed by atoms with van der Waals surface area (Å²) in [5, 5.41) is 9.11. The van der Waals surface area contributed by atoms with Gasteiger partial charge in [0.15, 0.2) is 0 Å². The Morgan fingerprint density at radius 1 is 1.60 bits per heavy atom. The number of carbonyl (C=O) groups is 1. The van der Waals surface area contributed by atoms with Crippen LogP contribution < -0.4 is 4.74 Å². The fourth-order valence-corrected chi connectivity index (χ4v) is 3.96. The highest BCUT2D eigenvalue weighted by Gasteiger charge is 2.40. The molecular weight excluding hydrogens is 284 g/mol. The molecule has 0 spiro atoms. The zero-order chi connectivity index (χ0) is 14.8. The van der Waals surface area contributed by atoms with Gasteiger partial charge in [-0.15, -0.1) is 0 Å². The molecule has 0 aromatic carbocycles. The number of sulfonamides is 1. The molecule has 1 N–H and O–H groups in total. The lowest BCUT2D eigenvalue weighted by Crippen LogP contribution is -2.40. The lowest BCUT2D eigenvalue weighted by atomic mass is 10.2. The first kappa shape index (κ1) is 14.7. The van der Waals surface area contributed by atoms with Gasteiger partial charge in [-0.3, -0.25) is 9.78 Å². The van der Waals surface area contributed by atoms with Crippen LogP contribution in [0.15, 0.2) is 23.4 Å². The third-order valence-corrected chi connectivity index (χ3v) is 5.04. The van der Waals surface area contributed by atoms with E-state index in [1.54, 1.807) is 6.92 Å². The Bertz CT molecular complexity index is 602. The Labute approximate surface area is 117 Å². The Kier molecular flexibility index (Phi) is 4.24. The normalized spacial score (nSPS) is 19.9. The summed E-state index contributed by atoms with van der Waals surface area (Å²) in [6.07, 6.45) is 3.47. The van der Waals surface area contributed by atoms with Crippen LogP contribution in [0.4, 0.5) is 0 Å². The lowest BCUT2D eigenvalue weighted by Gasteiger charge is -2.21. The summed E-state index contributed by atoms with van der Waals surface area (Å²) in [5.74, 6) is -0.938.